The predicted octanol–water partition coefficient (Wildman–Crippen LogP) is 1.26. The van der Waals surface area contributed by atoms with Gasteiger partial charge in [0.05, 0.1) is 19.5 Å². The highest BCUT2D eigenvalue weighted by Gasteiger charge is 2.42. The van der Waals surface area contributed by atoms with Crippen molar-refractivity contribution in [2.75, 3.05) is 19.6 Å². The third-order valence-corrected chi connectivity index (χ3v) is 4.90. The molecule has 0 radical (unpaired) electrons. The summed E-state index contributed by atoms with van der Waals surface area (Å²) in [5, 5.41) is 3.07. The molecule has 1 saturated heterocycles. The minimum atomic E-state index is -1.03. The van der Waals surface area contributed by atoms with E-state index in [1.54, 1.807) is 24.3 Å². The number of rotatable bonds is 7. The van der Waals surface area contributed by atoms with Crippen molar-refractivity contribution in [1.29, 1.82) is 0 Å². The van der Waals surface area contributed by atoms with E-state index >= 15 is 0 Å². The lowest BCUT2D eigenvalue weighted by Crippen LogP contribution is -2.62. The highest BCUT2D eigenvalue weighted by molar-refractivity contribution is 6.30. The molecule has 0 saturated carbocycles. The van der Waals surface area contributed by atoms with Gasteiger partial charge in [-0.1, -0.05) is 47.2 Å². The summed E-state index contributed by atoms with van der Waals surface area (Å²) >= 11 is 12.3. The van der Waals surface area contributed by atoms with Crippen LogP contribution in [0.1, 0.15) is 12.0 Å². The summed E-state index contributed by atoms with van der Waals surface area (Å²) < 4.78 is 0. The Morgan fingerprint density at radius 1 is 1.25 bits per heavy atom. The average molecular weight is 420 g/mol. The Bertz CT molecular complexity index is 827. The van der Waals surface area contributed by atoms with Crippen molar-refractivity contribution in [1.82, 2.24) is 15.1 Å². The Kier molecular flexibility index (Phi) is 7.75. The lowest BCUT2D eigenvalue weighted by molar-refractivity contribution is -0.157. The van der Waals surface area contributed by atoms with Gasteiger partial charge < -0.3 is 15.1 Å². The molecular weight excluding hydrogens is 401 g/mol. The lowest BCUT2D eigenvalue weighted by Gasteiger charge is -2.41. The molecule has 0 aromatic heterocycles. The second kappa shape index (κ2) is 10.0. The molecule has 0 bridgehead atoms. The van der Waals surface area contributed by atoms with E-state index in [1.165, 1.54) is 9.80 Å². The van der Waals surface area contributed by atoms with Crippen molar-refractivity contribution in [3.8, 4) is 24.7 Å². The zero-order valence-electron chi connectivity index (χ0n) is 15.0. The van der Waals surface area contributed by atoms with Crippen LogP contribution >= 0.6 is 23.2 Å². The first-order valence-corrected chi connectivity index (χ1v) is 9.31. The molecule has 6 nitrogen and oxygen atoms in total. The monoisotopic (exact) mass is 419 g/mol. The summed E-state index contributed by atoms with van der Waals surface area (Å²) in [7, 11) is 0. The quantitative estimate of drug-likeness (QED) is 0.410. The van der Waals surface area contributed by atoms with E-state index in [-0.39, 0.29) is 32.0 Å². The molecule has 1 aliphatic heterocycles. The third-order valence-electron chi connectivity index (χ3n) is 4.25. The molecule has 8 heteroatoms. The number of terminal acetylenes is 2. The van der Waals surface area contributed by atoms with Crippen molar-refractivity contribution in [2.24, 2.45) is 0 Å². The summed E-state index contributed by atoms with van der Waals surface area (Å²) in [6, 6.07) is 6.00. The largest absolute Gasteiger partial charge is 0.345 e. The van der Waals surface area contributed by atoms with E-state index in [0.717, 1.165) is 5.56 Å². The molecule has 146 valence electrons. The second-order valence-corrected chi connectivity index (χ2v) is 7.10. The van der Waals surface area contributed by atoms with E-state index in [2.05, 4.69) is 17.2 Å². The molecule has 2 unspecified atom stereocenters. The van der Waals surface area contributed by atoms with Crippen LogP contribution < -0.4 is 5.32 Å². The van der Waals surface area contributed by atoms with E-state index in [4.69, 9.17) is 36.0 Å². The molecule has 1 aromatic carbocycles. The van der Waals surface area contributed by atoms with Crippen LogP contribution in [0.15, 0.2) is 24.3 Å². The number of carbonyl (C=O) groups excluding carboxylic acids is 3. The van der Waals surface area contributed by atoms with E-state index in [0.29, 0.717) is 11.4 Å². The van der Waals surface area contributed by atoms with Crippen LogP contribution in [0.2, 0.25) is 5.02 Å². The molecule has 1 aliphatic rings. The van der Waals surface area contributed by atoms with Gasteiger partial charge in [-0.2, -0.15) is 0 Å². The summed E-state index contributed by atoms with van der Waals surface area (Å²) in [5.74, 6) is 3.38. The Labute approximate surface area is 174 Å². The van der Waals surface area contributed by atoms with E-state index in [9.17, 15) is 14.4 Å². The van der Waals surface area contributed by atoms with Crippen LogP contribution in [-0.4, -0.2) is 58.7 Å². The van der Waals surface area contributed by atoms with Gasteiger partial charge in [0, 0.05) is 11.4 Å². The minimum absolute atomic E-state index is 0.0290. The fourth-order valence-corrected chi connectivity index (χ4v) is 3.34. The molecule has 0 aliphatic carbocycles. The Morgan fingerprint density at radius 2 is 1.93 bits per heavy atom. The number of alkyl halides is 1. The second-order valence-electron chi connectivity index (χ2n) is 6.16. The highest BCUT2D eigenvalue weighted by atomic mass is 35.5. The van der Waals surface area contributed by atoms with Crippen molar-refractivity contribution in [2.45, 2.75) is 24.4 Å². The summed E-state index contributed by atoms with van der Waals surface area (Å²) in [6.07, 6.45) is 10.5. The maximum Gasteiger partial charge on any atom is 0.247 e. The molecule has 1 fully saturated rings. The SMILES string of the molecule is C#CCNC(=O)CC1C(=O)N(C(Cl)Cc2ccc(Cl)cc2)CC(=O)N1CC#C. The van der Waals surface area contributed by atoms with Crippen molar-refractivity contribution >= 4 is 40.9 Å². The molecule has 1 N–H and O–H groups in total. The fraction of sp³-hybridized carbons (Fsp3) is 0.350. The van der Waals surface area contributed by atoms with Gasteiger partial charge in [-0.3, -0.25) is 14.4 Å². The average Bonchev–Trinajstić information content (AvgIpc) is 2.67. The molecule has 2 atom stereocenters. The summed E-state index contributed by atoms with van der Waals surface area (Å²) in [4.78, 5) is 40.1. The molecule has 2 rings (SSSR count). The molecule has 1 heterocycles. The molecule has 1 aromatic rings. The van der Waals surface area contributed by atoms with Gasteiger partial charge in [-0.25, -0.2) is 0 Å². The third kappa shape index (κ3) is 5.42. The number of hydrogen-bond acceptors (Lipinski definition) is 3. The number of amides is 3. The van der Waals surface area contributed by atoms with Gasteiger partial charge in [0.15, 0.2) is 0 Å². The summed E-state index contributed by atoms with van der Waals surface area (Å²) in [5.41, 5.74) is 0.0981. The van der Waals surface area contributed by atoms with Gasteiger partial charge in [0.25, 0.3) is 0 Å². The Balaban J connectivity index is 2.17. The van der Waals surface area contributed by atoms with Crippen molar-refractivity contribution in [3.05, 3.63) is 34.9 Å². The maximum absolute atomic E-state index is 13.0. The van der Waals surface area contributed by atoms with Crippen LogP contribution in [0, 0.1) is 24.7 Å². The molecule has 28 heavy (non-hydrogen) atoms. The van der Waals surface area contributed by atoms with Crippen LogP contribution in [-0.2, 0) is 20.8 Å². The first kappa shape index (κ1) is 21.6. The van der Waals surface area contributed by atoms with Gasteiger partial charge >= 0.3 is 0 Å². The van der Waals surface area contributed by atoms with Gasteiger partial charge in [0.1, 0.15) is 18.1 Å². The number of benzene rings is 1. The molecule has 3 amide bonds. The fourth-order valence-electron chi connectivity index (χ4n) is 2.87. The van der Waals surface area contributed by atoms with Crippen molar-refractivity contribution in [3.63, 3.8) is 0 Å². The minimum Gasteiger partial charge on any atom is -0.345 e. The zero-order chi connectivity index (χ0) is 20.7. The number of hydrogen-bond donors (Lipinski definition) is 1. The normalized spacial score (nSPS) is 17.6. The van der Waals surface area contributed by atoms with Crippen LogP contribution in [0.4, 0.5) is 0 Å². The van der Waals surface area contributed by atoms with Crippen molar-refractivity contribution < 1.29 is 14.4 Å². The summed E-state index contributed by atoms with van der Waals surface area (Å²) in [6.45, 7) is -0.248. The van der Waals surface area contributed by atoms with Gasteiger partial charge in [-0.05, 0) is 17.7 Å². The van der Waals surface area contributed by atoms with E-state index < -0.39 is 23.4 Å². The number of carbonyl (C=O) groups is 3. The topological polar surface area (TPSA) is 69.7 Å². The Hall–Kier alpha value is -2.67. The number of piperazine rings is 1. The van der Waals surface area contributed by atoms with Gasteiger partial charge in [0.2, 0.25) is 17.7 Å². The standard InChI is InChI=1S/C20H19Cl2N3O3/c1-3-9-23-18(26)12-16-20(28)25(13-19(27)24(16)10-4-2)17(22)11-14-5-7-15(21)8-6-14/h1-2,5-8,16-17H,9-13H2,(H,23,26). The number of nitrogens with one attached hydrogen (secondary N) is 1. The molecular formula is C20H19Cl2N3O3. The first-order chi connectivity index (χ1) is 13.4. The van der Waals surface area contributed by atoms with Crippen LogP contribution in [0.3, 0.4) is 0 Å². The molecule has 0 spiro atoms. The zero-order valence-corrected chi connectivity index (χ0v) is 16.5. The number of halogens is 2. The first-order valence-electron chi connectivity index (χ1n) is 8.49. The lowest BCUT2D eigenvalue weighted by atomic mass is 10.0. The smallest absolute Gasteiger partial charge is 0.247 e. The number of nitrogens with zero attached hydrogens (tertiary/aromatic N) is 2. The highest BCUT2D eigenvalue weighted by Crippen LogP contribution is 2.22. The maximum atomic E-state index is 13.0. The van der Waals surface area contributed by atoms with Crippen LogP contribution in [0.5, 0.6) is 0 Å². The predicted molar refractivity (Wildman–Crippen MR) is 107 cm³/mol. The Morgan fingerprint density at radius 3 is 2.54 bits per heavy atom. The van der Waals surface area contributed by atoms with E-state index in [1.807, 2.05) is 0 Å². The van der Waals surface area contributed by atoms with Gasteiger partial charge in [-0.15, -0.1) is 12.8 Å². The van der Waals surface area contributed by atoms with Crippen LogP contribution in [0.25, 0.3) is 0 Å².